The first kappa shape index (κ1) is 14.1. The highest BCUT2D eigenvalue weighted by molar-refractivity contribution is 7.19. The molecule has 3 aromatic heterocycles. The van der Waals surface area contributed by atoms with Gasteiger partial charge in [0.15, 0.2) is 16.6 Å². The molecule has 5 rings (SSSR count). The fourth-order valence-electron chi connectivity index (χ4n) is 2.60. The van der Waals surface area contributed by atoms with Crippen LogP contribution < -0.4 is 0 Å². The van der Waals surface area contributed by atoms with Crippen molar-refractivity contribution in [3.05, 3.63) is 66.7 Å². The lowest BCUT2D eigenvalue weighted by molar-refractivity contribution is 0.435. The van der Waals surface area contributed by atoms with E-state index in [0.717, 1.165) is 21.1 Å². The first-order valence-corrected chi connectivity index (χ1v) is 8.50. The predicted octanol–water partition coefficient (Wildman–Crippen LogP) is 4.17. The van der Waals surface area contributed by atoms with Crippen molar-refractivity contribution in [3.63, 3.8) is 0 Å². The van der Waals surface area contributed by atoms with Gasteiger partial charge in [-0.25, -0.2) is 0 Å². The first-order chi connectivity index (χ1) is 12.4. The summed E-state index contributed by atoms with van der Waals surface area (Å²) in [4.78, 5) is 0.720. The topological polar surface area (TPSA) is 69.1 Å². The Morgan fingerprint density at radius 3 is 2.32 bits per heavy atom. The maximum Gasteiger partial charge on any atom is 0.235 e. The van der Waals surface area contributed by atoms with Crippen molar-refractivity contribution in [3.8, 4) is 33.4 Å². The first-order valence-electron chi connectivity index (χ1n) is 7.69. The van der Waals surface area contributed by atoms with Gasteiger partial charge in [-0.15, -0.1) is 10.2 Å². The van der Waals surface area contributed by atoms with Crippen molar-refractivity contribution < 1.29 is 4.52 Å². The summed E-state index contributed by atoms with van der Waals surface area (Å²) in [6.07, 6.45) is 0. The molecule has 120 valence electrons. The Bertz CT molecular complexity index is 1140. The average Bonchev–Trinajstić information content (AvgIpc) is 3.38. The Balaban J connectivity index is 1.56. The zero-order valence-corrected chi connectivity index (χ0v) is 13.7. The minimum Gasteiger partial charge on any atom is -0.356 e. The summed E-state index contributed by atoms with van der Waals surface area (Å²) in [5.74, 6) is 1.43. The molecule has 0 aliphatic carbocycles. The molecule has 6 nitrogen and oxygen atoms in total. The van der Waals surface area contributed by atoms with Gasteiger partial charge < -0.3 is 4.52 Å². The molecule has 2 aromatic carbocycles. The second kappa shape index (κ2) is 5.64. The van der Waals surface area contributed by atoms with Crippen LogP contribution in [0.5, 0.6) is 0 Å². The van der Waals surface area contributed by atoms with E-state index in [4.69, 9.17) is 4.52 Å². The van der Waals surface area contributed by atoms with Crippen LogP contribution in [0.25, 0.3) is 38.4 Å². The highest BCUT2D eigenvalue weighted by Gasteiger charge is 2.17. The Hall–Kier alpha value is -3.32. The molecule has 0 radical (unpaired) electrons. The number of fused-ring (bicyclic) bond motifs is 1. The molecule has 0 fully saturated rings. The smallest absolute Gasteiger partial charge is 0.235 e. The second-order valence-electron chi connectivity index (χ2n) is 5.43. The molecule has 0 amide bonds. The predicted molar refractivity (Wildman–Crippen MR) is 95.0 cm³/mol. The standard InChI is InChI=1S/C18H11N5OS/c1-3-7-12(8-4-1)15-11-14(22-24-15)17-21-23-16(19-20-18(23)25-17)13-9-5-2-6-10-13/h1-11H. The third-order valence-electron chi connectivity index (χ3n) is 3.81. The van der Waals surface area contributed by atoms with Crippen LogP contribution in [0.4, 0.5) is 0 Å². The van der Waals surface area contributed by atoms with E-state index < -0.39 is 0 Å². The molecule has 0 unspecified atom stereocenters. The number of benzene rings is 2. The number of hydrogen-bond donors (Lipinski definition) is 0. The van der Waals surface area contributed by atoms with Gasteiger partial charge in [-0.05, 0) is 0 Å². The van der Waals surface area contributed by atoms with E-state index in [9.17, 15) is 0 Å². The van der Waals surface area contributed by atoms with Crippen LogP contribution in [0.1, 0.15) is 0 Å². The van der Waals surface area contributed by atoms with Gasteiger partial charge in [0.05, 0.1) is 0 Å². The highest BCUT2D eigenvalue weighted by Crippen LogP contribution is 2.30. The minimum absolute atomic E-state index is 0.688. The summed E-state index contributed by atoms with van der Waals surface area (Å²) in [5.41, 5.74) is 2.64. The average molecular weight is 345 g/mol. The maximum atomic E-state index is 5.46. The third kappa shape index (κ3) is 2.41. The Morgan fingerprint density at radius 2 is 1.56 bits per heavy atom. The van der Waals surface area contributed by atoms with E-state index in [1.807, 2.05) is 66.7 Å². The van der Waals surface area contributed by atoms with Gasteiger partial charge in [-0.3, -0.25) is 0 Å². The zero-order valence-electron chi connectivity index (χ0n) is 12.9. The molecule has 0 aliphatic rings. The Kier molecular flexibility index (Phi) is 3.17. The summed E-state index contributed by atoms with van der Waals surface area (Å²) in [6.45, 7) is 0. The summed E-state index contributed by atoms with van der Waals surface area (Å²) in [7, 11) is 0. The van der Waals surface area contributed by atoms with E-state index in [1.165, 1.54) is 11.3 Å². The summed E-state index contributed by atoms with van der Waals surface area (Å²) in [6, 6.07) is 21.6. The lowest BCUT2D eigenvalue weighted by Crippen LogP contribution is -1.90. The van der Waals surface area contributed by atoms with E-state index in [1.54, 1.807) is 4.52 Å². The van der Waals surface area contributed by atoms with Crippen LogP contribution in [0.3, 0.4) is 0 Å². The van der Waals surface area contributed by atoms with Gasteiger partial charge in [0.1, 0.15) is 5.69 Å². The normalized spacial score (nSPS) is 11.2. The molecular formula is C18H11N5OS. The molecule has 5 aromatic rings. The van der Waals surface area contributed by atoms with E-state index >= 15 is 0 Å². The van der Waals surface area contributed by atoms with E-state index in [-0.39, 0.29) is 0 Å². The number of aromatic nitrogens is 5. The lowest BCUT2D eigenvalue weighted by Gasteiger charge is -1.94. The van der Waals surface area contributed by atoms with Gasteiger partial charge in [0.2, 0.25) is 4.96 Å². The van der Waals surface area contributed by atoms with Crippen LogP contribution in [0, 0.1) is 0 Å². The zero-order chi connectivity index (χ0) is 16.6. The largest absolute Gasteiger partial charge is 0.356 e. The van der Waals surface area contributed by atoms with E-state index in [2.05, 4.69) is 20.5 Å². The van der Waals surface area contributed by atoms with Gasteiger partial charge in [0.25, 0.3) is 0 Å². The highest BCUT2D eigenvalue weighted by atomic mass is 32.1. The van der Waals surface area contributed by atoms with Crippen LogP contribution in [-0.4, -0.2) is 25.0 Å². The van der Waals surface area contributed by atoms with Gasteiger partial charge in [0, 0.05) is 17.2 Å². The molecular weight excluding hydrogens is 334 g/mol. The molecule has 3 heterocycles. The second-order valence-corrected chi connectivity index (χ2v) is 6.39. The lowest BCUT2D eigenvalue weighted by atomic mass is 10.2. The van der Waals surface area contributed by atoms with Crippen molar-refractivity contribution >= 4 is 16.3 Å². The molecule has 7 heteroatoms. The summed E-state index contributed by atoms with van der Waals surface area (Å²) in [5, 5.41) is 18.0. The van der Waals surface area contributed by atoms with Crippen molar-refractivity contribution in [1.82, 2.24) is 25.0 Å². The van der Waals surface area contributed by atoms with Gasteiger partial charge in [-0.1, -0.05) is 77.2 Å². The van der Waals surface area contributed by atoms with Crippen molar-refractivity contribution in [2.45, 2.75) is 0 Å². The molecule has 0 bridgehead atoms. The molecule has 0 atom stereocenters. The SMILES string of the molecule is c1ccc(-c2cc(-c3nn4c(-c5ccccc5)nnc4s3)no2)cc1. The minimum atomic E-state index is 0.688. The molecule has 0 saturated heterocycles. The molecule has 0 saturated carbocycles. The Morgan fingerprint density at radius 1 is 0.840 bits per heavy atom. The molecule has 0 aliphatic heterocycles. The monoisotopic (exact) mass is 345 g/mol. The van der Waals surface area contributed by atoms with Crippen LogP contribution in [-0.2, 0) is 0 Å². The number of rotatable bonds is 3. The third-order valence-corrected chi connectivity index (χ3v) is 4.73. The Labute approximate surface area is 146 Å². The van der Waals surface area contributed by atoms with Crippen molar-refractivity contribution in [2.75, 3.05) is 0 Å². The van der Waals surface area contributed by atoms with Crippen LogP contribution in [0.2, 0.25) is 0 Å². The van der Waals surface area contributed by atoms with Gasteiger partial charge in [-0.2, -0.15) is 9.61 Å². The van der Waals surface area contributed by atoms with E-state index in [0.29, 0.717) is 17.3 Å². The fourth-order valence-corrected chi connectivity index (χ4v) is 3.39. The van der Waals surface area contributed by atoms with Crippen LogP contribution in [0.15, 0.2) is 71.3 Å². The summed E-state index contributed by atoms with van der Waals surface area (Å²) < 4.78 is 7.21. The van der Waals surface area contributed by atoms with Gasteiger partial charge >= 0.3 is 0 Å². The maximum absolute atomic E-state index is 5.46. The van der Waals surface area contributed by atoms with Crippen molar-refractivity contribution in [1.29, 1.82) is 0 Å². The quantitative estimate of drug-likeness (QED) is 0.491. The number of hydrogen-bond acceptors (Lipinski definition) is 6. The van der Waals surface area contributed by atoms with Crippen LogP contribution >= 0.6 is 11.3 Å². The number of nitrogens with zero attached hydrogens (tertiary/aromatic N) is 5. The molecule has 0 N–H and O–H groups in total. The fraction of sp³-hybridized carbons (Fsp3) is 0. The summed E-state index contributed by atoms with van der Waals surface area (Å²) >= 11 is 1.43. The van der Waals surface area contributed by atoms with Crippen molar-refractivity contribution in [2.24, 2.45) is 0 Å². The molecule has 0 spiro atoms. The molecule has 25 heavy (non-hydrogen) atoms.